The number of likely N-dealkylation sites (tertiary alicyclic amines) is 1. The second-order valence-electron chi connectivity index (χ2n) is 6.92. The van der Waals surface area contributed by atoms with Gasteiger partial charge >= 0.3 is 0 Å². The fourth-order valence-corrected chi connectivity index (χ4v) is 3.04. The van der Waals surface area contributed by atoms with Crippen LogP contribution in [0.4, 0.5) is 0 Å². The molecule has 0 aromatic carbocycles. The van der Waals surface area contributed by atoms with E-state index in [1.165, 1.54) is 19.4 Å². The highest BCUT2D eigenvalue weighted by molar-refractivity contribution is 5.80. The zero-order chi connectivity index (χ0) is 18.8. The number of ether oxygens (including phenoxy) is 1. The highest BCUT2D eigenvalue weighted by Crippen LogP contribution is 2.11. The van der Waals surface area contributed by atoms with Gasteiger partial charge in [-0.2, -0.15) is 0 Å². The fourth-order valence-electron chi connectivity index (χ4n) is 3.04. The lowest BCUT2D eigenvalue weighted by Crippen LogP contribution is -2.49. The number of rotatable bonds is 9. The lowest BCUT2D eigenvalue weighted by molar-refractivity contribution is 0.199. The first-order valence-electron chi connectivity index (χ1n) is 9.75. The summed E-state index contributed by atoms with van der Waals surface area (Å²) in [4.78, 5) is 7.27. The molecule has 0 aliphatic carbocycles. The molecule has 0 radical (unpaired) electrons. The zero-order valence-corrected chi connectivity index (χ0v) is 16.8. The molecule has 1 saturated heterocycles. The molecule has 1 fully saturated rings. The van der Waals surface area contributed by atoms with Crippen LogP contribution in [0.15, 0.2) is 4.99 Å². The summed E-state index contributed by atoms with van der Waals surface area (Å²) in [6, 6.07) is 0.461. The Hall–Kier alpha value is -1.67. The van der Waals surface area contributed by atoms with Crippen molar-refractivity contribution >= 4 is 5.96 Å². The van der Waals surface area contributed by atoms with Gasteiger partial charge in [0.1, 0.15) is 12.4 Å². The Morgan fingerprint density at radius 2 is 2.08 bits per heavy atom. The van der Waals surface area contributed by atoms with Gasteiger partial charge in [-0.1, -0.05) is 13.3 Å². The van der Waals surface area contributed by atoms with Crippen molar-refractivity contribution in [3.05, 3.63) is 11.6 Å². The van der Waals surface area contributed by atoms with Crippen LogP contribution in [0.5, 0.6) is 0 Å². The quantitative estimate of drug-likeness (QED) is 0.387. The summed E-state index contributed by atoms with van der Waals surface area (Å²) in [7, 11) is 3.68. The van der Waals surface area contributed by atoms with Crippen molar-refractivity contribution in [1.29, 1.82) is 0 Å². The normalized spacial score (nSPS) is 16.8. The van der Waals surface area contributed by atoms with E-state index in [1.54, 1.807) is 7.11 Å². The van der Waals surface area contributed by atoms with Gasteiger partial charge in [0, 0.05) is 39.8 Å². The van der Waals surface area contributed by atoms with E-state index in [4.69, 9.17) is 9.73 Å². The lowest BCUT2D eigenvalue weighted by atomic mass is 10.0. The Balaban J connectivity index is 1.88. The maximum atomic E-state index is 5.14. The number of methoxy groups -OCH3 is 1. The molecule has 2 heterocycles. The van der Waals surface area contributed by atoms with E-state index < -0.39 is 0 Å². The summed E-state index contributed by atoms with van der Waals surface area (Å²) in [6.07, 6.45) is 4.86. The molecule has 148 valence electrons. The number of aliphatic imine (C=N–C) groups is 1. The molecule has 1 aromatic heterocycles. The Morgan fingerprint density at radius 1 is 1.31 bits per heavy atom. The first kappa shape index (κ1) is 20.6. The Kier molecular flexibility index (Phi) is 8.84. The minimum atomic E-state index is 0.461. The molecule has 1 aliphatic heterocycles. The van der Waals surface area contributed by atoms with Gasteiger partial charge in [-0.25, -0.2) is 4.99 Å². The van der Waals surface area contributed by atoms with E-state index in [1.807, 2.05) is 18.5 Å². The van der Waals surface area contributed by atoms with Crippen molar-refractivity contribution in [3.63, 3.8) is 0 Å². The molecule has 1 aromatic rings. The molecule has 0 bridgehead atoms. The molecule has 0 unspecified atom stereocenters. The second-order valence-corrected chi connectivity index (χ2v) is 6.92. The Labute approximate surface area is 157 Å². The summed E-state index contributed by atoms with van der Waals surface area (Å²) >= 11 is 0. The summed E-state index contributed by atoms with van der Waals surface area (Å²) in [5.41, 5.74) is 0. The summed E-state index contributed by atoms with van der Waals surface area (Å²) in [5, 5.41) is 15.2. The van der Waals surface area contributed by atoms with Crippen LogP contribution < -0.4 is 10.6 Å². The minimum Gasteiger partial charge on any atom is -0.383 e. The van der Waals surface area contributed by atoms with Gasteiger partial charge in [0.15, 0.2) is 11.8 Å². The van der Waals surface area contributed by atoms with Crippen molar-refractivity contribution in [1.82, 2.24) is 30.3 Å². The number of piperidine rings is 1. The third kappa shape index (κ3) is 6.57. The number of hydrogen-bond donors (Lipinski definition) is 2. The maximum Gasteiger partial charge on any atom is 0.192 e. The summed E-state index contributed by atoms with van der Waals surface area (Å²) < 4.78 is 7.12. The summed E-state index contributed by atoms with van der Waals surface area (Å²) in [5.74, 6) is 2.59. The van der Waals surface area contributed by atoms with Gasteiger partial charge in [0.05, 0.1) is 6.61 Å². The van der Waals surface area contributed by atoms with Crippen molar-refractivity contribution < 1.29 is 4.74 Å². The average Bonchev–Trinajstić information content (AvgIpc) is 2.97. The lowest BCUT2D eigenvalue weighted by Gasteiger charge is -2.33. The predicted octanol–water partition coefficient (Wildman–Crippen LogP) is 1.07. The topological polar surface area (TPSA) is 79.6 Å². The molecule has 0 amide bonds. The molecule has 2 N–H and O–H groups in total. The number of nitrogens with zero attached hydrogens (tertiary/aromatic N) is 5. The van der Waals surface area contributed by atoms with Gasteiger partial charge in [-0.05, 0) is 32.7 Å². The zero-order valence-electron chi connectivity index (χ0n) is 16.8. The van der Waals surface area contributed by atoms with Crippen molar-refractivity contribution in [3.8, 4) is 0 Å². The van der Waals surface area contributed by atoms with Gasteiger partial charge in [0.25, 0.3) is 0 Å². The van der Waals surface area contributed by atoms with Crippen molar-refractivity contribution in [2.24, 2.45) is 12.0 Å². The predicted molar refractivity (Wildman–Crippen MR) is 104 cm³/mol. The molecule has 2 rings (SSSR count). The van der Waals surface area contributed by atoms with Crippen LogP contribution >= 0.6 is 0 Å². The maximum absolute atomic E-state index is 5.14. The fraction of sp³-hybridized carbons (Fsp3) is 0.833. The highest BCUT2D eigenvalue weighted by atomic mass is 16.5. The third-order valence-corrected chi connectivity index (χ3v) is 4.92. The van der Waals surface area contributed by atoms with Gasteiger partial charge < -0.3 is 24.8 Å². The van der Waals surface area contributed by atoms with Gasteiger partial charge in [-0.15, -0.1) is 10.2 Å². The number of nitrogens with one attached hydrogen (secondary N) is 2. The Morgan fingerprint density at radius 3 is 2.69 bits per heavy atom. The third-order valence-electron chi connectivity index (χ3n) is 4.92. The van der Waals surface area contributed by atoms with E-state index in [0.717, 1.165) is 50.1 Å². The van der Waals surface area contributed by atoms with Gasteiger partial charge in [-0.3, -0.25) is 0 Å². The largest absolute Gasteiger partial charge is 0.383 e. The monoisotopic (exact) mass is 365 g/mol. The van der Waals surface area contributed by atoms with E-state index in [0.29, 0.717) is 19.2 Å². The van der Waals surface area contributed by atoms with Crippen molar-refractivity contribution in [2.45, 2.75) is 52.1 Å². The molecule has 1 aliphatic rings. The van der Waals surface area contributed by atoms with Crippen LogP contribution in [0.1, 0.15) is 44.3 Å². The van der Waals surface area contributed by atoms with Crippen LogP contribution in [0, 0.1) is 6.92 Å². The summed E-state index contributed by atoms with van der Waals surface area (Å²) in [6.45, 7) is 9.63. The number of aromatic nitrogens is 3. The van der Waals surface area contributed by atoms with E-state index in [-0.39, 0.29) is 0 Å². The molecule has 8 nitrogen and oxygen atoms in total. The number of aryl methyl sites for hydroxylation is 1. The van der Waals surface area contributed by atoms with Gasteiger partial charge in [0.2, 0.25) is 0 Å². The SMILES string of the molecule is CCCCN1CCC(NC(=NCc2nnc(C)n2C)NCCOC)CC1. The molecule has 0 saturated carbocycles. The number of hydrogen-bond acceptors (Lipinski definition) is 5. The smallest absolute Gasteiger partial charge is 0.192 e. The molecule has 8 heteroatoms. The average molecular weight is 366 g/mol. The molecular formula is C18H35N7O. The van der Waals surface area contributed by atoms with E-state index in [9.17, 15) is 0 Å². The standard InChI is InChI=1S/C18H35N7O/c1-5-6-10-25-11-7-16(8-12-25)21-18(19-9-13-26-4)20-14-17-23-22-15(2)24(17)3/h16H,5-14H2,1-4H3,(H2,19,20,21). The number of guanidine groups is 1. The first-order valence-corrected chi connectivity index (χ1v) is 9.75. The van der Waals surface area contributed by atoms with E-state index >= 15 is 0 Å². The van der Waals surface area contributed by atoms with Crippen LogP contribution in [-0.2, 0) is 18.3 Å². The number of unbranched alkanes of at least 4 members (excludes halogenated alkanes) is 1. The Bertz CT molecular complexity index is 550. The minimum absolute atomic E-state index is 0.461. The van der Waals surface area contributed by atoms with E-state index in [2.05, 4.69) is 32.7 Å². The first-order chi connectivity index (χ1) is 12.6. The highest BCUT2D eigenvalue weighted by Gasteiger charge is 2.19. The van der Waals surface area contributed by atoms with Crippen LogP contribution in [0.2, 0.25) is 0 Å². The second kappa shape index (κ2) is 11.1. The van der Waals surface area contributed by atoms with Crippen LogP contribution in [0.25, 0.3) is 0 Å². The molecular weight excluding hydrogens is 330 g/mol. The van der Waals surface area contributed by atoms with Crippen LogP contribution in [-0.4, -0.2) is 71.6 Å². The molecule has 0 spiro atoms. The van der Waals surface area contributed by atoms with Crippen LogP contribution in [0.3, 0.4) is 0 Å². The molecule has 0 atom stereocenters. The van der Waals surface area contributed by atoms with Crippen molar-refractivity contribution in [2.75, 3.05) is 39.9 Å². The molecule has 26 heavy (non-hydrogen) atoms.